The van der Waals surface area contributed by atoms with Crippen molar-refractivity contribution in [3.63, 3.8) is 0 Å². The number of rotatable bonds is 5. The molecule has 142 valence electrons. The van der Waals surface area contributed by atoms with Crippen molar-refractivity contribution in [1.82, 2.24) is 9.55 Å². The molecule has 0 unspecified atom stereocenters. The van der Waals surface area contributed by atoms with Gasteiger partial charge in [-0.25, -0.2) is 4.98 Å². The Kier molecular flexibility index (Phi) is 4.20. The summed E-state index contributed by atoms with van der Waals surface area (Å²) in [6.45, 7) is 0.910. The lowest BCUT2D eigenvalue weighted by Gasteiger charge is -2.36. The third kappa shape index (κ3) is 3.99. The topological polar surface area (TPSA) is 68.5 Å². The molecule has 0 aliphatic carbocycles. The van der Waals surface area contributed by atoms with Crippen LogP contribution in [0.25, 0.3) is 11.0 Å². The van der Waals surface area contributed by atoms with Gasteiger partial charge < -0.3 is 19.1 Å². The fourth-order valence-electron chi connectivity index (χ4n) is 2.88. The van der Waals surface area contributed by atoms with Gasteiger partial charge in [-0.05, 0) is 36.4 Å². The fourth-order valence-corrected chi connectivity index (χ4v) is 2.88. The first kappa shape index (κ1) is 17.6. The number of imidazole rings is 1. The lowest BCUT2D eigenvalue weighted by molar-refractivity contribution is -0.184. The number of ether oxygens (including phenoxy) is 2. The van der Waals surface area contributed by atoms with Crippen molar-refractivity contribution in [3.8, 4) is 11.5 Å². The van der Waals surface area contributed by atoms with E-state index in [0.717, 1.165) is 11.0 Å². The lowest BCUT2D eigenvalue weighted by atomic mass is 10.0. The molecule has 0 atom stereocenters. The van der Waals surface area contributed by atoms with Gasteiger partial charge in [-0.2, -0.15) is 13.2 Å². The smallest absolute Gasteiger partial charge is 0.457 e. The molecule has 0 saturated carbocycles. The average Bonchev–Trinajstić information content (AvgIpc) is 2.96. The highest BCUT2D eigenvalue weighted by Gasteiger charge is 2.36. The summed E-state index contributed by atoms with van der Waals surface area (Å²) in [7, 11) is 0. The molecule has 2 heterocycles. The van der Waals surface area contributed by atoms with E-state index in [1.807, 2.05) is 4.57 Å². The molecular formula is C18H16F3N3O3. The molecule has 3 aromatic rings. The van der Waals surface area contributed by atoms with Gasteiger partial charge in [0.25, 0.3) is 0 Å². The van der Waals surface area contributed by atoms with Gasteiger partial charge >= 0.3 is 6.30 Å². The van der Waals surface area contributed by atoms with Gasteiger partial charge in [-0.1, -0.05) is 0 Å². The SMILES string of the molecule is OC1(Cn2cnc3ccc(Oc4ccc(NC(F)(F)F)cc4)cc32)COC1. The number of hydrogen-bond donors (Lipinski definition) is 2. The summed E-state index contributed by atoms with van der Waals surface area (Å²) in [6.07, 6.45) is -2.84. The van der Waals surface area contributed by atoms with Crippen LogP contribution in [0.5, 0.6) is 11.5 Å². The summed E-state index contributed by atoms with van der Waals surface area (Å²) in [5.41, 5.74) is 0.560. The Morgan fingerprint density at radius 3 is 2.48 bits per heavy atom. The summed E-state index contributed by atoms with van der Waals surface area (Å²) in [6, 6.07) is 10.8. The van der Waals surface area contributed by atoms with Crippen molar-refractivity contribution < 1.29 is 27.8 Å². The Labute approximate surface area is 152 Å². The molecule has 27 heavy (non-hydrogen) atoms. The molecule has 4 rings (SSSR count). The van der Waals surface area contributed by atoms with Gasteiger partial charge in [0.05, 0.1) is 37.1 Å². The summed E-state index contributed by atoms with van der Waals surface area (Å²) in [5.74, 6) is 0.914. The lowest BCUT2D eigenvalue weighted by Crippen LogP contribution is -2.52. The fraction of sp³-hybridized carbons (Fsp3) is 0.278. The van der Waals surface area contributed by atoms with Crippen molar-refractivity contribution in [2.75, 3.05) is 18.5 Å². The maximum absolute atomic E-state index is 12.3. The van der Waals surface area contributed by atoms with E-state index in [1.165, 1.54) is 29.6 Å². The zero-order valence-corrected chi connectivity index (χ0v) is 14.0. The van der Waals surface area contributed by atoms with Crippen LogP contribution >= 0.6 is 0 Å². The Hall–Kier alpha value is -2.78. The first-order valence-corrected chi connectivity index (χ1v) is 8.18. The summed E-state index contributed by atoms with van der Waals surface area (Å²) in [4.78, 5) is 4.30. The maximum atomic E-state index is 12.3. The molecule has 0 spiro atoms. The van der Waals surface area contributed by atoms with E-state index in [-0.39, 0.29) is 18.9 Å². The largest absolute Gasteiger partial charge is 0.482 e. The number of aromatic nitrogens is 2. The molecule has 0 bridgehead atoms. The number of nitrogens with one attached hydrogen (secondary N) is 1. The van der Waals surface area contributed by atoms with Crippen molar-refractivity contribution in [3.05, 3.63) is 48.8 Å². The van der Waals surface area contributed by atoms with Gasteiger partial charge in [0.1, 0.15) is 17.1 Å². The molecule has 1 aliphatic rings. The molecule has 9 heteroatoms. The number of alkyl halides is 3. The van der Waals surface area contributed by atoms with E-state index < -0.39 is 11.9 Å². The minimum Gasteiger partial charge on any atom is -0.457 e. The molecule has 6 nitrogen and oxygen atoms in total. The molecule has 1 aliphatic heterocycles. The standard InChI is InChI=1S/C18H16F3N3O3/c19-18(20,21)23-12-1-3-13(4-2-12)27-14-5-6-15-16(7-14)24(11-22-15)8-17(25)9-26-10-17/h1-7,11,23,25H,8-10H2. The molecule has 2 aromatic carbocycles. The highest BCUT2D eigenvalue weighted by Crippen LogP contribution is 2.29. The van der Waals surface area contributed by atoms with Crippen LogP contribution in [0, 0.1) is 0 Å². The number of anilines is 1. The molecule has 0 radical (unpaired) electrons. The van der Waals surface area contributed by atoms with Crippen LogP contribution in [0.3, 0.4) is 0 Å². The van der Waals surface area contributed by atoms with Gasteiger partial charge in [-0.15, -0.1) is 0 Å². The zero-order chi connectivity index (χ0) is 19.1. The minimum absolute atomic E-state index is 0.0701. The Bertz CT molecular complexity index is 950. The predicted octanol–water partition coefficient (Wildman–Crippen LogP) is 3.52. The molecular weight excluding hydrogens is 363 g/mol. The van der Waals surface area contributed by atoms with Gasteiger partial charge in [-0.3, -0.25) is 5.32 Å². The summed E-state index contributed by atoms with van der Waals surface area (Å²) >= 11 is 0. The van der Waals surface area contributed by atoms with Crippen LogP contribution in [0.1, 0.15) is 0 Å². The van der Waals surface area contributed by atoms with E-state index in [1.54, 1.807) is 24.5 Å². The van der Waals surface area contributed by atoms with Crippen molar-refractivity contribution in [2.24, 2.45) is 0 Å². The molecule has 1 aromatic heterocycles. The van der Waals surface area contributed by atoms with E-state index in [0.29, 0.717) is 18.0 Å². The maximum Gasteiger partial charge on any atom is 0.482 e. The third-order valence-corrected chi connectivity index (χ3v) is 4.17. The second-order valence-corrected chi connectivity index (χ2v) is 6.49. The zero-order valence-electron chi connectivity index (χ0n) is 14.0. The minimum atomic E-state index is -4.48. The molecule has 0 amide bonds. The van der Waals surface area contributed by atoms with Crippen LogP contribution in [-0.2, 0) is 11.3 Å². The number of aliphatic hydroxyl groups is 1. The van der Waals surface area contributed by atoms with Crippen LogP contribution in [0.15, 0.2) is 48.8 Å². The second kappa shape index (κ2) is 6.43. The Morgan fingerprint density at radius 2 is 1.85 bits per heavy atom. The number of benzene rings is 2. The Morgan fingerprint density at radius 1 is 1.15 bits per heavy atom. The number of nitrogens with zero attached hydrogens (tertiary/aromatic N) is 2. The highest BCUT2D eigenvalue weighted by molar-refractivity contribution is 5.77. The summed E-state index contributed by atoms with van der Waals surface area (Å²) in [5, 5.41) is 11.7. The normalized spacial score (nSPS) is 16.1. The van der Waals surface area contributed by atoms with E-state index in [2.05, 4.69) is 4.98 Å². The van der Waals surface area contributed by atoms with Crippen LogP contribution < -0.4 is 10.1 Å². The first-order chi connectivity index (χ1) is 12.8. The van der Waals surface area contributed by atoms with Crippen LogP contribution in [0.4, 0.5) is 18.9 Å². The second-order valence-electron chi connectivity index (χ2n) is 6.49. The van der Waals surface area contributed by atoms with Crippen LogP contribution in [-0.4, -0.2) is 39.8 Å². The highest BCUT2D eigenvalue weighted by atomic mass is 19.4. The third-order valence-electron chi connectivity index (χ3n) is 4.17. The van der Waals surface area contributed by atoms with Gasteiger partial charge in [0.15, 0.2) is 0 Å². The molecule has 2 N–H and O–H groups in total. The van der Waals surface area contributed by atoms with E-state index in [9.17, 15) is 18.3 Å². The number of hydrogen-bond acceptors (Lipinski definition) is 5. The summed E-state index contributed by atoms with van der Waals surface area (Å²) < 4.78 is 49.6. The van der Waals surface area contributed by atoms with E-state index in [4.69, 9.17) is 9.47 Å². The van der Waals surface area contributed by atoms with Crippen LogP contribution in [0.2, 0.25) is 0 Å². The quantitative estimate of drug-likeness (QED) is 0.664. The first-order valence-electron chi connectivity index (χ1n) is 8.18. The number of halogens is 3. The average molecular weight is 379 g/mol. The molecule has 1 saturated heterocycles. The van der Waals surface area contributed by atoms with Gasteiger partial charge in [0, 0.05) is 11.8 Å². The van der Waals surface area contributed by atoms with E-state index >= 15 is 0 Å². The molecule has 1 fully saturated rings. The van der Waals surface area contributed by atoms with Gasteiger partial charge in [0.2, 0.25) is 0 Å². The Balaban J connectivity index is 1.52. The monoisotopic (exact) mass is 379 g/mol. The van der Waals surface area contributed by atoms with Crippen molar-refractivity contribution >= 4 is 16.7 Å². The van der Waals surface area contributed by atoms with Crippen molar-refractivity contribution in [1.29, 1.82) is 0 Å². The predicted molar refractivity (Wildman–Crippen MR) is 91.7 cm³/mol. The van der Waals surface area contributed by atoms with Crippen molar-refractivity contribution in [2.45, 2.75) is 18.4 Å². The number of fused-ring (bicyclic) bond motifs is 1.